The third-order valence-corrected chi connectivity index (χ3v) is 2.32. The first-order valence-electron chi connectivity index (χ1n) is 5.65. The number of carbonyl (C=O) groups excluding carboxylic acids is 1. The van der Waals surface area contributed by atoms with Crippen molar-refractivity contribution in [3.05, 3.63) is 18.1 Å². The van der Waals surface area contributed by atoms with Crippen LogP contribution in [-0.2, 0) is 16.1 Å². The fourth-order valence-electron chi connectivity index (χ4n) is 1.46. The first-order valence-corrected chi connectivity index (χ1v) is 5.65. The molecule has 0 unspecified atom stereocenters. The van der Waals surface area contributed by atoms with Gasteiger partial charge in [-0.25, -0.2) is 4.98 Å². The summed E-state index contributed by atoms with van der Waals surface area (Å²) in [6.07, 6.45) is 3.16. The van der Waals surface area contributed by atoms with E-state index in [4.69, 9.17) is 10.5 Å². The number of hydrogen-bond donors (Lipinski definition) is 2. The van der Waals surface area contributed by atoms with E-state index >= 15 is 0 Å². The summed E-state index contributed by atoms with van der Waals surface area (Å²) in [5, 5.41) is 2.74. The Labute approximate surface area is 106 Å². The molecule has 0 aliphatic rings. The van der Waals surface area contributed by atoms with Crippen molar-refractivity contribution in [1.82, 2.24) is 15.3 Å². The number of nitrogens with zero attached hydrogens (tertiary/aromatic N) is 3. The molecule has 0 aliphatic carbocycles. The van der Waals surface area contributed by atoms with E-state index in [0.717, 1.165) is 0 Å². The van der Waals surface area contributed by atoms with E-state index in [1.54, 1.807) is 31.5 Å². The number of likely N-dealkylation sites (N-methyl/N-ethyl adjacent to an activating group) is 1. The molecule has 1 aromatic heterocycles. The molecule has 0 fully saturated rings. The van der Waals surface area contributed by atoms with Crippen LogP contribution in [-0.4, -0.2) is 49.7 Å². The molecule has 1 rings (SSSR count). The van der Waals surface area contributed by atoms with Gasteiger partial charge in [0.15, 0.2) is 5.82 Å². The van der Waals surface area contributed by atoms with Gasteiger partial charge in [-0.3, -0.25) is 9.78 Å². The monoisotopic (exact) mass is 253 g/mol. The average Bonchev–Trinajstić information content (AvgIpc) is 2.39. The van der Waals surface area contributed by atoms with Gasteiger partial charge in [0, 0.05) is 39.6 Å². The van der Waals surface area contributed by atoms with Gasteiger partial charge in [0.2, 0.25) is 5.91 Å². The maximum atomic E-state index is 11.6. The summed E-state index contributed by atoms with van der Waals surface area (Å²) in [6.45, 7) is 1.48. The van der Waals surface area contributed by atoms with Crippen molar-refractivity contribution in [3.63, 3.8) is 0 Å². The summed E-state index contributed by atoms with van der Waals surface area (Å²) in [6, 6.07) is 0. The van der Waals surface area contributed by atoms with Gasteiger partial charge in [0.25, 0.3) is 0 Å². The number of nitrogens with one attached hydrogen (secondary N) is 1. The van der Waals surface area contributed by atoms with Gasteiger partial charge in [-0.2, -0.15) is 0 Å². The maximum Gasteiger partial charge on any atom is 0.239 e. The van der Waals surface area contributed by atoms with Gasteiger partial charge in [-0.1, -0.05) is 0 Å². The highest BCUT2D eigenvalue weighted by Gasteiger charge is 2.12. The number of amides is 1. The third kappa shape index (κ3) is 4.27. The van der Waals surface area contributed by atoms with Crippen molar-refractivity contribution in [3.8, 4) is 0 Å². The Hall–Kier alpha value is -1.73. The van der Waals surface area contributed by atoms with Crippen LogP contribution in [0.1, 0.15) is 5.69 Å². The number of aromatic nitrogens is 2. The van der Waals surface area contributed by atoms with Crippen molar-refractivity contribution in [2.75, 3.05) is 38.8 Å². The van der Waals surface area contributed by atoms with E-state index in [0.29, 0.717) is 31.2 Å². The van der Waals surface area contributed by atoms with Crippen LogP contribution in [0.2, 0.25) is 0 Å². The van der Waals surface area contributed by atoms with E-state index < -0.39 is 0 Å². The molecule has 0 saturated heterocycles. The minimum absolute atomic E-state index is 0.0943. The standard InChI is InChI=1S/C11H19N5O2/c1-16(8-10(17)14-5-6-18-2)11-9(7-12)13-3-4-15-11/h3-4H,5-8,12H2,1-2H3,(H,14,17). The molecule has 0 spiro atoms. The molecular weight excluding hydrogens is 234 g/mol. The fourth-order valence-corrected chi connectivity index (χ4v) is 1.46. The predicted molar refractivity (Wildman–Crippen MR) is 68.1 cm³/mol. The summed E-state index contributed by atoms with van der Waals surface area (Å²) in [7, 11) is 3.37. The molecule has 3 N–H and O–H groups in total. The molecule has 0 bridgehead atoms. The number of hydrogen-bond acceptors (Lipinski definition) is 6. The van der Waals surface area contributed by atoms with Gasteiger partial charge in [0.05, 0.1) is 18.8 Å². The van der Waals surface area contributed by atoms with Gasteiger partial charge in [-0.05, 0) is 0 Å². The molecule has 0 saturated carbocycles. The summed E-state index contributed by atoms with van der Waals surface area (Å²) < 4.78 is 4.85. The molecule has 1 heterocycles. The van der Waals surface area contributed by atoms with Gasteiger partial charge in [0.1, 0.15) is 0 Å². The lowest BCUT2D eigenvalue weighted by molar-refractivity contribution is -0.119. The van der Waals surface area contributed by atoms with Crippen LogP contribution < -0.4 is 16.0 Å². The van der Waals surface area contributed by atoms with Crippen molar-refractivity contribution in [1.29, 1.82) is 0 Å². The minimum Gasteiger partial charge on any atom is -0.383 e. The summed E-state index contributed by atoms with van der Waals surface area (Å²) >= 11 is 0. The van der Waals surface area contributed by atoms with E-state index in [1.165, 1.54) is 0 Å². The lowest BCUT2D eigenvalue weighted by atomic mass is 10.3. The lowest BCUT2D eigenvalue weighted by Crippen LogP contribution is -2.37. The highest BCUT2D eigenvalue weighted by molar-refractivity contribution is 5.80. The smallest absolute Gasteiger partial charge is 0.239 e. The number of carbonyl (C=O) groups is 1. The van der Waals surface area contributed by atoms with E-state index in [9.17, 15) is 4.79 Å². The third-order valence-electron chi connectivity index (χ3n) is 2.32. The molecule has 100 valence electrons. The summed E-state index contributed by atoms with van der Waals surface area (Å²) in [4.78, 5) is 21.6. The second kappa shape index (κ2) is 7.57. The molecular formula is C11H19N5O2. The Morgan fingerprint density at radius 3 is 2.89 bits per heavy atom. The van der Waals surface area contributed by atoms with Crippen LogP contribution >= 0.6 is 0 Å². The second-order valence-corrected chi connectivity index (χ2v) is 3.73. The molecule has 1 aromatic rings. The maximum absolute atomic E-state index is 11.6. The zero-order valence-corrected chi connectivity index (χ0v) is 10.7. The van der Waals surface area contributed by atoms with Crippen LogP contribution in [0, 0.1) is 0 Å². The van der Waals surface area contributed by atoms with E-state index in [1.807, 2.05) is 0 Å². The van der Waals surface area contributed by atoms with Crippen molar-refractivity contribution in [2.45, 2.75) is 6.54 Å². The molecule has 0 aromatic carbocycles. The van der Waals surface area contributed by atoms with Crippen LogP contribution in [0.15, 0.2) is 12.4 Å². The molecule has 0 aliphatic heterocycles. The van der Waals surface area contributed by atoms with E-state index in [-0.39, 0.29) is 12.5 Å². The number of methoxy groups -OCH3 is 1. The average molecular weight is 253 g/mol. The number of rotatable bonds is 7. The molecule has 7 nitrogen and oxygen atoms in total. The van der Waals surface area contributed by atoms with Gasteiger partial charge >= 0.3 is 0 Å². The number of nitrogens with two attached hydrogens (primary N) is 1. The highest BCUT2D eigenvalue weighted by atomic mass is 16.5. The van der Waals surface area contributed by atoms with Crippen LogP contribution in [0.4, 0.5) is 5.82 Å². The Morgan fingerprint density at radius 1 is 1.50 bits per heavy atom. The first kappa shape index (κ1) is 14.3. The van der Waals surface area contributed by atoms with Crippen LogP contribution in [0.5, 0.6) is 0 Å². The minimum atomic E-state index is -0.0943. The lowest BCUT2D eigenvalue weighted by Gasteiger charge is -2.19. The zero-order chi connectivity index (χ0) is 13.4. The van der Waals surface area contributed by atoms with Gasteiger partial charge < -0.3 is 20.7 Å². The number of anilines is 1. The van der Waals surface area contributed by atoms with Crippen molar-refractivity contribution < 1.29 is 9.53 Å². The second-order valence-electron chi connectivity index (χ2n) is 3.73. The Bertz CT molecular complexity index is 385. The Morgan fingerprint density at radius 2 is 2.22 bits per heavy atom. The van der Waals surface area contributed by atoms with E-state index in [2.05, 4.69) is 15.3 Å². The molecule has 18 heavy (non-hydrogen) atoms. The molecule has 1 amide bonds. The predicted octanol–water partition coefficient (Wildman–Crippen LogP) is -0.866. The summed E-state index contributed by atoms with van der Waals surface area (Å²) in [5.41, 5.74) is 6.24. The quantitative estimate of drug-likeness (QED) is 0.614. The SMILES string of the molecule is COCCNC(=O)CN(C)c1nccnc1CN. The molecule has 0 radical (unpaired) electrons. The largest absolute Gasteiger partial charge is 0.383 e. The van der Waals surface area contributed by atoms with Crippen LogP contribution in [0.3, 0.4) is 0 Å². The topological polar surface area (TPSA) is 93.4 Å². The zero-order valence-electron chi connectivity index (χ0n) is 10.7. The Kier molecular flexibility index (Phi) is 6.03. The van der Waals surface area contributed by atoms with Crippen molar-refractivity contribution >= 4 is 11.7 Å². The highest BCUT2D eigenvalue weighted by Crippen LogP contribution is 2.11. The van der Waals surface area contributed by atoms with Gasteiger partial charge in [-0.15, -0.1) is 0 Å². The summed E-state index contributed by atoms with van der Waals surface area (Å²) in [5.74, 6) is 0.532. The Balaban J connectivity index is 2.53. The number of ether oxygens (including phenoxy) is 1. The molecule has 0 atom stereocenters. The van der Waals surface area contributed by atoms with Crippen molar-refractivity contribution in [2.24, 2.45) is 5.73 Å². The normalized spacial score (nSPS) is 10.2. The fraction of sp³-hybridized carbons (Fsp3) is 0.545. The van der Waals surface area contributed by atoms with Crippen LogP contribution in [0.25, 0.3) is 0 Å². The first-order chi connectivity index (χ1) is 8.69. The molecule has 7 heteroatoms.